The van der Waals surface area contributed by atoms with Crippen molar-refractivity contribution in [1.29, 1.82) is 0 Å². The molecule has 3 atom stereocenters. The number of carbonyl (C=O) groups excluding carboxylic acids is 1. The third-order valence-electron chi connectivity index (χ3n) is 4.56. The average molecular weight is 341 g/mol. The number of nitrogens with one attached hydrogen (secondary N) is 1. The highest BCUT2D eigenvalue weighted by Gasteiger charge is 2.45. The summed E-state index contributed by atoms with van der Waals surface area (Å²) < 4.78 is 14.6. The van der Waals surface area contributed by atoms with E-state index in [1.807, 2.05) is 4.90 Å². The van der Waals surface area contributed by atoms with Crippen molar-refractivity contribution in [3.8, 4) is 0 Å². The normalized spacial score (nSPS) is 28.8. The van der Waals surface area contributed by atoms with Crippen LogP contribution in [0.15, 0.2) is 22.7 Å². The molecule has 108 valence electrons. The highest BCUT2D eigenvalue weighted by molar-refractivity contribution is 9.10. The molecule has 0 radical (unpaired) electrons. The first-order valence-corrected chi connectivity index (χ1v) is 7.88. The standard InChI is InChI=1S/C15H18BrFN2O/c1-2-14-12-7-18-6-9(12)8-19(14)15(20)11-5-10(16)3-4-13(11)17/h3-5,9,12,14,18H,2,6-8H2,1H3. The molecular formula is C15H18BrFN2O. The molecule has 1 N–H and O–H groups in total. The van der Waals surface area contributed by atoms with E-state index in [1.54, 1.807) is 12.1 Å². The van der Waals surface area contributed by atoms with Crippen LogP contribution in [0.4, 0.5) is 4.39 Å². The third-order valence-corrected chi connectivity index (χ3v) is 5.05. The van der Waals surface area contributed by atoms with Crippen molar-refractivity contribution in [3.63, 3.8) is 0 Å². The Hall–Kier alpha value is -0.940. The van der Waals surface area contributed by atoms with Gasteiger partial charge < -0.3 is 10.2 Å². The van der Waals surface area contributed by atoms with Gasteiger partial charge in [-0.05, 0) is 36.5 Å². The first kappa shape index (κ1) is 14.0. The smallest absolute Gasteiger partial charge is 0.257 e. The fourth-order valence-corrected chi connectivity index (χ4v) is 3.96. The van der Waals surface area contributed by atoms with E-state index in [2.05, 4.69) is 28.2 Å². The lowest BCUT2D eigenvalue weighted by Crippen LogP contribution is -2.39. The average Bonchev–Trinajstić information content (AvgIpc) is 3.00. The maximum Gasteiger partial charge on any atom is 0.257 e. The summed E-state index contributed by atoms with van der Waals surface area (Å²) in [7, 11) is 0. The number of nitrogens with zero attached hydrogens (tertiary/aromatic N) is 1. The van der Waals surface area contributed by atoms with Crippen LogP contribution < -0.4 is 5.32 Å². The van der Waals surface area contributed by atoms with Gasteiger partial charge in [0.1, 0.15) is 5.82 Å². The summed E-state index contributed by atoms with van der Waals surface area (Å²) in [5.74, 6) is 0.409. The molecule has 0 aliphatic carbocycles. The van der Waals surface area contributed by atoms with E-state index in [0.29, 0.717) is 11.8 Å². The highest BCUT2D eigenvalue weighted by Crippen LogP contribution is 2.35. The van der Waals surface area contributed by atoms with Crippen LogP contribution in [-0.2, 0) is 0 Å². The second-order valence-corrected chi connectivity index (χ2v) is 6.56. The highest BCUT2D eigenvalue weighted by atomic mass is 79.9. The van der Waals surface area contributed by atoms with Gasteiger partial charge in [0.2, 0.25) is 0 Å². The van der Waals surface area contributed by atoms with Gasteiger partial charge in [-0.3, -0.25) is 4.79 Å². The number of fused-ring (bicyclic) bond motifs is 1. The SMILES string of the molecule is CCC1C2CNCC2CN1C(=O)c1cc(Br)ccc1F. The zero-order chi connectivity index (χ0) is 14.3. The Bertz CT molecular complexity index is 537. The molecule has 5 heteroatoms. The second kappa shape index (κ2) is 5.45. The molecule has 1 aromatic carbocycles. The Morgan fingerprint density at radius 2 is 2.30 bits per heavy atom. The Balaban J connectivity index is 1.88. The monoisotopic (exact) mass is 340 g/mol. The summed E-state index contributed by atoms with van der Waals surface area (Å²) in [5.41, 5.74) is 0.172. The molecule has 0 spiro atoms. The molecule has 3 nitrogen and oxygen atoms in total. The maximum absolute atomic E-state index is 13.9. The van der Waals surface area contributed by atoms with Crippen molar-refractivity contribution in [2.24, 2.45) is 11.8 Å². The summed E-state index contributed by atoms with van der Waals surface area (Å²) >= 11 is 3.31. The van der Waals surface area contributed by atoms with Gasteiger partial charge in [-0.15, -0.1) is 0 Å². The van der Waals surface area contributed by atoms with E-state index in [4.69, 9.17) is 0 Å². The predicted molar refractivity (Wildman–Crippen MR) is 79.1 cm³/mol. The molecule has 0 aromatic heterocycles. The number of rotatable bonds is 2. The molecule has 1 amide bonds. The second-order valence-electron chi connectivity index (χ2n) is 5.64. The Morgan fingerprint density at radius 1 is 1.50 bits per heavy atom. The van der Waals surface area contributed by atoms with E-state index in [9.17, 15) is 9.18 Å². The van der Waals surface area contributed by atoms with E-state index in [0.717, 1.165) is 30.5 Å². The van der Waals surface area contributed by atoms with Gasteiger partial charge in [0.15, 0.2) is 0 Å². The van der Waals surface area contributed by atoms with Crippen molar-refractivity contribution in [1.82, 2.24) is 10.2 Å². The molecule has 2 heterocycles. The van der Waals surface area contributed by atoms with Crippen LogP contribution in [0.3, 0.4) is 0 Å². The van der Waals surface area contributed by atoms with E-state index in [1.165, 1.54) is 6.07 Å². The van der Waals surface area contributed by atoms with Crippen molar-refractivity contribution in [2.45, 2.75) is 19.4 Å². The van der Waals surface area contributed by atoms with E-state index < -0.39 is 5.82 Å². The first-order valence-electron chi connectivity index (χ1n) is 7.08. The summed E-state index contributed by atoms with van der Waals surface area (Å²) in [6, 6.07) is 4.76. The largest absolute Gasteiger partial charge is 0.335 e. The fourth-order valence-electron chi connectivity index (χ4n) is 3.60. The molecule has 2 saturated heterocycles. The molecule has 3 rings (SSSR count). The van der Waals surface area contributed by atoms with Crippen LogP contribution in [0.2, 0.25) is 0 Å². The quantitative estimate of drug-likeness (QED) is 0.897. The van der Waals surface area contributed by atoms with E-state index in [-0.39, 0.29) is 17.5 Å². The minimum Gasteiger partial charge on any atom is -0.335 e. The van der Waals surface area contributed by atoms with Gasteiger partial charge in [0.25, 0.3) is 5.91 Å². The molecule has 2 aliphatic heterocycles. The fraction of sp³-hybridized carbons (Fsp3) is 0.533. The van der Waals surface area contributed by atoms with Gasteiger partial charge in [-0.2, -0.15) is 0 Å². The third kappa shape index (κ3) is 2.27. The summed E-state index contributed by atoms with van der Waals surface area (Å²) in [5, 5.41) is 3.39. The van der Waals surface area contributed by atoms with Crippen molar-refractivity contribution in [3.05, 3.63) is 34.1 Å². The minimum absolute atomic E-state index is 0.172. The van der Waals surface area contributed by atoms with Crippen LogP contribution >= 0.6 is 15.9 Å². The van der Waals surface area contributed by atoms with Crippen LogP contribution in [0.25, 0.3) is 0 Å². The number of benzene rings is 1. The van der Waals surface area contributed by atoms with Crippen molar-refractivity contribution < 1.29 is 9.18 Å². The number of halogens is 2. The van der Waals surface area contributed by atoms with Crippen molar-refractivity contribution in [2.75, 3.05) is 19.6 Å². The lowest BCUT2D eigenvalue weighted by Gasteiger charge is -2.27. The van der Waals surface area contributed by atoms with Gasteiger partial charge in [-0.1, -0.05) is 22.9 Å². The molecule has 3 unspecified atom stereocenters. The number of likely N-dealkylation sites (tertiary alicyclic amines) is 1. The lowest BCUT2D eigenvalue weighted by atomic mass is 9.93. The van der Waals surface area contributed by atoms with Gasteiger partial charge in [0, 0.05) is 30.1 Å². The predicted octanol–water partition coefficient (Wildman–Crippen LogP) is 2.66. The molecule has 2 aliphatic rings. The van der Waals surface area contributed by atoms with Crippen LogP contribution in [-0.4, -0.2) is 36.5 Å². The van der Waals surface area contributed by atoms with Crippen molar-refractivity contribution >= 4 is 21.8 Å². The zero-order valence-corrected chi connectivity index (χ0v) is 13.0. The summed E-state index contributed by atoms with van der Waals surface area (Å²) in [6.45, 7) is 4.77. The number of carbonyl (C=O) groups is 1. The first-order chi connectivity index (χ1) is 9.61. The van der Waals surface area contributed by atoms with Crippen LogP contribution in [0.1, 0.15) is 23.7 Å². The lowest BCUT2D eigenvalue weighted by molar-refractivity contribution is 0.0707. The molecular weight excluding hydrogens is 323 g/mol. The maximum atomic E-state index is 13.9. The zero-order valence-electron chi connectivity index (χ0n) is 11.4. The molecule has 0 bridgehead atoms. The molecule has 20 heavy (non-hydrogen) atoms. The summed E-state index contributed by atoms with van der Waals surface area (Å²) in [6.07, 6.45) is 0.921. The van der Waals surface area contributed by atoms with Gasteiger partial charge in [-0.25, -0.2) is 4.39 Å². The van der Waals surface area contributed by atoms with Crippen LogP contribution in [0.5, 0.6) is 0 Å². The Labute approximate surface area is 126 Å². The van der Waals surface area contributed by atoms with Gasteiger partial charge in [0.05, 0.1) is 5.56 Å². The Kier molecular flexibility index (Phi) is 3.82. The van der Waals surface area contributed by atoms with Gasteiger partial charge >= 0.3 is 0 Å². The Morgan fingerprint density at radius 3 is 3.05 bits per heavy atom. The summed E-state index contributed by atoms with van der Waals surface area (Å²) in [4.78, 5) is 14.5. The van der Waals surface area contributed by atoms with Crippen LogP contribution in [0, 0.1) is 17.7 Å². The molecule has 2 fully saturated rings. The topological polar surface area (TPSA) is 32.3 Å². The molecule has 1 aromatic rings. The molecule has 0 saturated carbocycles. The number of amides is 1. The van der Waals surface area contributed by atoms with E-state index >= 15 is 0 Å². The minimum atomic E-state index is -0.441. The number of hydrogen-bond donors (Lipinski definition) is 1. The number of hydrogen-bond acceptors (Lipinski definition) is 2.